The molecule has 1 atom stereocenters. The first-order valence-electron chi connectivity index (χ1n) is 6.12. The summed E-state index contributed by atoms with van der Waals surface area (Å²) in [6.45, 7) is 2.19. The molecule has 0 fully saturated rings. The fourth-order valence-electron chi connectivity index (χ4n) is 1.48. The standard InChI is InChI=1S/C13H22N2O3/c1-17-12-5-2-3-6-13(12)18-10-11(16)9-15-8-4-7-14/h2-3,5-6,11,15-16H,4,7-10,14H2,1H3. The number of nitrogens with one attached hydrogen (secondary N) is 1. The van der Waals surface area contributed by atoms with Crippen molar-refractivity contribution in [3.63, 3.8) is 0 Å². The maximum Gasteiger partial charge on any atom is 0.161 e. The number of para-hydroxylation sites is 2. The van der Waals surface area contributed by atoms with Gasteiger partial charge in [0.2, 0.25) is 0 Å². The summed E-state index contributed by atoms with van der Waals surface area (Å²) in [6.07, 6.45) is 0.354. The van der Waals surface area contributed by atoms with E-state index in [1.165, 1.54) is 0 Å². The first kappa shape index (κ1) is 14.8. The molecule has 1 aromatic rings. The van der Waals surface area contributed by atoms with Gasteiger partial charge in [-0.05, 0) is 31.6 Å². The van der Waals surface area contributed by atoms with Gasteiger partial charge in [0.1, 0.15) is 12.7 Å². The molecular weight excluding hydrogens is 232 g/mol. The zero-order chi connectivity index (χ0) is 13.2. The second kappa shape index (κ2) is 8.74. The molecule has 4 N–H and O–H groups in total. The monoisotopic (exact) mass is 254 g/mol. The van der Waals surface area contributed by atoms with Crippen molar-refractivity contribution in [2.45, 2.75) is 12.5 Å². The van der Waals surface area contributed by atoms with E-state index in [-0.39, 0.29) is 6.61 Å². The molecular formula is C13H22N2O3. The van der Waals surface area contributed by atoms with Gasteiger partial charge in [-0.1, -0.05) is 12.1 Å². The summed E-state index contributed by atoms with van der Waals surface area (Å²) in [5, 5.41) is 12.8. The summed E-state index contributed by atoms with van der Waals surface area (Å²) in [7, 11) is 1.59. The fraction of sp³-hybridized carbons (Fsp3) is 0.538. The Kier molecular flexibility index (Phi) is 7.17. The Balaban J connectivity index is 2.26. The van der Waals surface area contributed by atoms with Crippen LogP contribution in [0, 0.1) is 0 Å². The molecule has 0 radical (unpaired) electrons. The highest BCUT2D eigenvalue weighted by Crippen LogP contribution is 2.25. The highest BCUT2D eigenvalue weighted by atomic mass is 16.5. The summed E-state index contributed by atoms with van der Waals surface area (Å²) in [5.74, 6) is 1.31. The van der Waals surface area contributed by atoms with Crippen LogP contribution in [0.2, 0.25) is 0 Å². The van der Waals surface area contributed by atoms with E-state index < -0.39 is 6.10 Å². The van der Waals surface area contributed by atoms with E-state index in [1.54, 1.807) is 7.11 Å². The van der Waals surface area contributed by atoms with Crippen molar-refractivity contribution in [3.05, 3.63) is 24.3 Å². The van der Waals surface area contributed by atoms with Gasteiger partial charge in [-0.15, -0.1) is 0 Å². The Bertz CT molecular complexity index is 334. The van der Waals surface area contributed by atoms with Crippen LogP contribution in [0.25, 0.3) is 0 Å². The second-order valence-corrected chi connectivity index (χ2v) is 3.96. The smallest absolute Gasteiger partial charge is 0.161 e. The molecule has 0 saturated carbocycles. The zero-order valence-corrected chi connectivity index (χ0v) is 10.8. The van der Waals surface area contributed by atoms with E-state index in [4.69, 9.17) is 15.2 Å². The molecule has 0 aromatic heterocycles. The first-order valence-corrected chi connectivity index (χ1v) is 6.12. The molecule has 5 heteroatoms. The van der Waals surface area contributed by atoms with Gasteiger partial charge in [0.15, 0.2) is 11.5 Å². The third-order valence-corrected chi connectivity index (χ3v) is 2.44. The minimum absolute atomic E-state index is 0.232. The van der Waals surface area contributed by atoms with Gasteiger partial charge in [0.25, 0.3) is 0 Å². The largest absolute Gasteiger partial charge is 0.493 e. The number of benzene rings is 1. The topological polar surface area (TPSA) is 76.7 Å². The lowest BCUT2D eigenvalue weighted by molar-refractivity contribution is 0.105. The highest BCUT2D eigenvalue weighted by molar-refractivity contribution is 5.39. The lowest BCUT2D eigenvalue weighted by atomic mass is 10.3. The number of nitrogens with two attached hydrogens (primary N) is 1. The molecule has 0 aliphatic rings. The van der Waals surface area contributed by atoms with Crippen LogP contribution in [0.4, 0.5) is 0 Å². The van der Waals surface area contributed by atoms with Crippen LogP contribution >= 0.6 is 0 Å². The molecule has 0 heterocycles. The molecule has 18 heavy (non-hydrogen) atoms. The summed E-state index contributed by atoms with van der Waals surface area (Å²) in [5.41, 5.74) is 5.37. The average molecular weight is 254 g/mol. The van der Waals surface area contributed by atoms with Crippen molar-refractivity contribution in [3.8, 4) is 11.5 Å². The molecule has 1 aromatic carbocycles. The molecule has 0 amide bonds. The van der Waals surface area contributed by atoms with Crippen molar-refractivity contribution in [1.29, 1.82) is 0 Å². The van der Waals surface area contributed by atoms with E-state index in [1.807, 2.05) is 24.3 Å². The lowest BCUT2D eigenvalue weighted by Gasteiger charge is -2.14. The minimum atomic E-state index is -0.548. The summed E-state index contributed by atoms with van der Waals surface area (Å²) < 4.78 is 10.7. The van der Waals surface area contributed by atoms with Crippen LogP contribution in [0.5, 0.6) is 11.5 Å². The quantitative estimate of drug-likeness (QED) is 0.555. The average Bonchev–Trinajstić information content (AvgIpc) is 2.41. The summed E-state index contributed by atoms with van der Waals surface area (Å²) in [4.78, 5) is 0. The molecule has 1 unspecified atom stereocenters. The van der Waals surface area contributed by atoms with E-state index in [0.717, 1.165) is 13.0 Å². The predicted molar refractivity (Wildman–Crippen MR) is 71.0 cm³/mol. The van der Waals surface area contributed by atoms with Crippen molar-refractivity contribution >= 4 is 0 Å². The maximum atomic E-state index is 9.71. The molecule has 0 spiro atoms. The predicted octanol–water partition coefficient (Wildman–Crippen LogP) is 0.373. The minimum Gasteiger partial charge on any atom is -0.493 e. The molecule has 102 valence electrons. The van der Waals surface area contributed by atoms with Crippen molar-refractivity contribution < 1.29 is 14.6 Å². The van der Waals surface area contributed by atoms with E-state index >= 15 is 0 Å². The van der Waals surface area contributed by atoms with E-state index in [0.29, 0.717) is 24.6 Å². The highest BCUT2D eigenvalue weighted by Gasteiger charge is 2.07. The van der Waals surface area contributed by atoms with Crippen molar-refractivity contribution in [1.82, 2.24) is 5.32 Å². The van der Waals surface area contributed by atoms with Crippen LogP contribution in [-0.2, 0) is 0 Å². The van der Waals surface area contributed by atoms with Gasteiger partial charge in [0, 0.05) is 6.54 Å². The number of aliphatic hydroxyl groups excluding tert-OH is 1. The third kappa shape index (κ3) is 5.35. The molecule has 1 rings (SSSR count). The number of methoxy groups -OCH3 is 1. The van der Waals surface area contributed by atoms with Gasteiger partial charge in [0.05, 0.1) is 7.11 Å². The normalized spacial score (nSPS) is 12.2. The van der Waals surface area contributed by atoms with Crippen LogP contribution in [0.1, 0.15) is 6.42 Å². The van der Waals surface area contributed by atoms with Crippen LogP contribution in [0.3, 0.4) is 0 Å². The van der Waals surface area contributed by atoms with E-state index in [9.17, 15) is 5.11 Å². The molecule has 5 nitrogen and oxygen atoms in total. The van der Waals surface area contributed by atoms with Crippen LogP contribution < -0.4 is 20.5 Å². The molecule has 0 saturated heterocycles. The Labute approximate surface area is 108 Å². The Hall–Kier alpha value is -1.30. The van der Waals surface area contributed by atoms with Gasteiger partial charge < -0.3 is 25.6 Å². The van der Waals surface area contributed by atoms with Crippen molar-refractivity contribution in [2.75, 3.05) is 33.4 Å². The third-order valence-electron chi connectivity index (χ3n) is 2.44. The zero-order valence-electron chi connectivity index (χ0n) is 10.8. The second-order valence-electron chi connectivity index (χ2n) is 3.96. The summed E-state index contributed by atoms with van der Waals surface area (Å²) >= 11 is 0. The van der Waals surface area contributed by atoms with Gasteiger partial charge >= 0.3 is 0 Å². The Morgan fingerprint density at radius 1 is 1.33 bits per heavy atom. The molecule has 0 aliphatic heterocycles. The Morgan fingerprint density at radius 3 is 2.72 bits per heavy atom. The first-order chi connectivity index (χ1) is 8.77. The van der Waals surface area contributed by atoms with Gasteiger partial charge in [-0.2, -0.15) is 0 Å². The van der Waals surface area contributed by atoms with Gasteiger partial charge in [-0.3, -0.25) is 0 Å². The lowest BCUT2D eigenvalue weighted by Crippen LogP contribution is -2.32. The van der Waals surface area contributed by atoms with Crippen molar-refractivity contribution in [2.24, 2.45) is 5.73 Å². The number of hydrogen-bond donors (Lipinski definition) is 3. The number of aliphatic hydroxyl groups is 1. The number of ether oxygens (including phenoxy) is 2. The van der Waals surface area contributed by atoms with Gasteiger partial charge in [-0.25, -0.2) is 0 Å². The maximum absolute atomic E-state index is 9.71. The van der Waals surface area contributed by atoms with Crippen LogP contribution in [0.15, 0.2) is 24.3 Å². The number of hydrogen-bond acceptors (Lipinski definition) is 5. The SMILES string of the molecule is COc1ccccc1OCC(O)CNCCCN. The summed E-state index contributed by atoms with van der Waals surface area (Å²) in [6, 6.07) is 7.37. The number of rotatable bonds is 9. The Morgan fingerprint density at radius 2 is 2.06 bits per heavy atom. The molecule has 0 aliphatic carbocycles. The fourth-order valence-corrected chi connectivity index (χ4v) is 1.48. The van der Waals surface area contributed by atoms with E-state index in [2.05, 4.69) is 5.32 Å². The van der Waals surface area contributed by atoms with Crippen LogP contribution in [-0.4, -0.2) is 44.6 Å². The molecule has 0 bridgehead atoms.